The second-order valence-electron chi connectivity index (χ2n) is 2.37. The molecule has 0 amide bonds. The Labute approximate surface area is 80.6 Å². The first-order chi connectivity index (χ1) is 5.65. The normalized spacial score (nSPS) is 9.92. The molecule has 0 atom stereocenters. The van der Waals surface area contributed by atoms with E-state index in [0.29, 0.717) is 21.2 Å². The lowest BCUT2D eigenvalue weighted by Gasteiger charge is -2.02. The van der Waals surface area contributed by atoms with Crippen molar-refractivity contribution in [2.24, 2.45) is 0 Å². The number of benzene rings is 1. The average molecular weight is 205 g/mol. The standard InChI is InChI=1S/C9H7Cl2F/c1-6(5-12)7-2-3-8(10)9(11)4-7/h2-4H,1,5H2. The second-order valence-corrected chi connectivity index (χ2v) is 3.18. The van der Waals surface area contributed by atoms with E-state index in [4.69, 9.17) is 23.2 Å². The summed E-state index contributed by atoms with van der Waals surface area (Å²) in [6.07, 6.45) is 0. The van der Waals surface area contributed by atoms with Crippen LogP contribution in [0.4, 0.5) is 4.39 Å². The fourth-order valence-electron chi connectivity index (χ4n) is 0.793. The van der Waals surface area contributed by atoms with Crippen LogP contribution in [0.2, 0.25) is 10.0 Å². The molecule has 0 spiro atoms. The van der Waals surface area contributed by atoms with Crippen molar-refractivity contribution < 1.29 is 4.39 Å². The Morgan fingerprint density at radius 1 is 1.33 bits per heavy atom. The van der Waals surface area contributed by atoms with Crippen LogP contribution >= 0.6 is 23.2 Å². The fraction of sp³-hybridized carbons (Fsp3) is 0.111. The highest BCUT2D eigenvalue weighted by molar-refractivity contribution is 6.42. The van der Waals surface area contributed by atoms with Crippen molar-refractivity contribution in [2.45, 2.75) is 0 Å². The minimum atomic E-state index is -0.571. The molecule has 0 radical (unpaired) electrons. The molecule has 1 aromatic carbocycles. The Bertz CT molecular complexity index is 307. The molecule has 64 valence electrons. The molecule has 1 aromatic rings. The van der Waals surface area contributed by atoms with Crippen LogP contribution < -0.4 is 0 Å². The first kappa shape index (κ1) is 9.56. The number of hydrogen-bond acceptors (Lipinski definition) is 0. The lowest BCUT2D eigenvalue weighted by Crippen LogP contribution is -1.84. The third kappa shape index (κ3) is 1.99. The van der Waals surface area contributed by atoms with E-state index in [2.05, 4.69) is 6.58 Å². The van der Waals surface area contributed by atoms with Gasteiger partial charge in [0.2, 0.25) is 0 Å². The molecule has 0 heterocycles. The minimum absolute atomic E-state index is 0.411. The minimum Gasteiger partial charge on any atom is -0.246 e. The lowest BCUT2D eigenvalue weighted by atomic mass is 10.1. The summed E-state index contributed by atoms with van der Waals surface area (Å²) in [5.41, 5.74) is 1.10. The molecule has 0 fully saturated rings. The third-order valence-corrected chi connectivity index (χ3v) is 2.23. The third-order valence-electron chi connectivity index (χ3n) is 1.49. The summed E-state index contributed by atoms with van der Waals surface area (Å²) >= 11 is 11.4. The van der Waals surface area contributed by atoms with Crippen molar-refractivity contribution in [3.63, 3.8) is 0 Å². The molecule has 0 aliphatic carbocycles. The molecular formula is C9H7Cl2F. The Hall–Kier alpha value is -0.530. The van der Waals surface area contributed by atoms with Gasteiger partial charge >= 0.3 is 0 Å². The van der Waals surface area contributed by atoms with E-state index in [1.807, 2.05) is 0 Å². The van der Waals surface area contributed by atoms with Crippen LogP contribution in [0.5, 0.6) is 0 Å². The first-order valence-electron chi connectivity index (χ1n) is 3.34. The van der Waals surface area contributed by atoms with Gasteiger partial charge in [-0.1, -0.05) is 35.8 Å². The van der Waals surface area contributed by atoms with Gasteiger partial charge in [0.1, 0.15) is 6.67 Å². The monoisotopic (exact) mass is 204 g/mol. The van der Waals surface area contributed by atoms with Gasteiger partial charge in [-0.05, 0) is 23.3 Å². The smallest absolute Gasteiger partial charge is 0.115 e. The first-order valence-corrected chi connectivity index (χ1v) is 4.10. The van der Waals surface area contributed by atoms with Crippen molar-refractivity contribution in [2.75, 3.05) is 6.67 Å². The van der Waals surface area contributed by atoms with Crippen LogP contribution in [-0.2, 0) is 0 Å². The summed E-state index contributed by atoms with van der Waals surface area (Å²) in [6.45, 7) is 2.97. The van der Waals surface area contributed by atoms with Gasteiger partial charge < -0.3 is 0 Å². The molecule has 0 nitrogen and oxygen atoms in total. The number of allylic oxidation sites excluding steroid dienone is 1. The van der Waals surface area contributed by atoms with Gasteiger partial charge in [-0.2, -0.15) is 0 Å². The Balaban J connectivity index is 3.05. The predicted molar refractivity (Wildman–Crippen MR) is 51.5 cm³/mol. The number of halogens is 3. The Morgan fingerprint density at radius 3 is 2.50 bits per heavy atom. The number of rotatable bonds is 2. The van der Waals surface area contributed by atoms with Crippen molar-refractivity contribution >= 4 is 28.8 Å². The highest BCUT2D eigenvalue weighted by Gasteiger charge is 2.01. The largest absolute Gasteiger partial charge is 0.246 e. The van der Waals surface area contributed by atoms with Gasteiger partial charge in [0, 0.05) is 0 Å². The average Bonchev–Trinajstić information content (AvgIpc) is 2.08. The van der Waals surface area contributed by atoms with Crippen LogP contribution in [-0.4, -0.2) is 6.67 Å². The van der Waals surface area contributed by atoms with Crippen molar-refractivity contribution in [1.82, 2.24) is 0 Å². The molecule has 0 aromatic heterocycles. The maximum Gasteiger partial charge on any atom is 0.115 e. The van der Waals surface area contributed by atoms with E-state index in [9.17, 15) is 4.39 Å². The molecule has 0 saturated carbocycles. The number of hydrogen-bond donors (Lipinski definition) is 0. The fourth-order valence-corrected chi connectivity index (χ4v) is 1.09. The molecule has 1 rings (SSSR count). The van der Waals surface area contributed by atoms with Gasteiger partial charge in [-0.3, -0.25) is 0 Å². The van der Waals surface area contributed by atoms with Crippen molar-refractivity contribution in [1.29, 1.82) is 0 Å². The number of alkyl halides is 1. The van der Waals surface area contributed by atoms with E-state index in [1.54, 1.807) is 18.2 Å². The molecule has 0 unspecified atom stereocenters. The molecule has 0 aliphatic heterocycles. The molecule has 3 heteroatoms. The van der Waals surface area contributed by atoms with Gasteiger partial charge in [0.25, 0.3) is 0 Å². The highest BCUT2D eigenvalue weighted by Crippen LogP contribution is 2.25. The molecule has 12 heavy (non-hydrogen) atoms. The topological polar surface area (TPSA) is 0 Å². The molecule has 0 bridgehead atoms. The maximum atomic E-state index is 12.1. The summed E-state index contributed by atoms with van der Waals surface area (Å²) in [4.78, 5) is 0. The Kier molecular flexibility index (Phi) is 3.12. The summed E-state index contributed by atoms with van der Waals surface area (Å²) in [7, 11) is 0. The van der Waals surface area contributed by atoms with Gasteiger partial charge in [-0.25, -0.2) is 4.39 Å². The zero-order valence-electron chi connectivity index (χ0n) is 6.28. The van der Waals surface area contributed by atoms with E-state index in [-0.39, 0.29) is 0 Å². The lowest BCUT2D eigenvalue weighted by molar-refractivity contribution is 0.572. The zero-order valence-corrected chi connectivity index (χ0v) is 7.79. The SMILES string of the molecule is C=C(CF)c1ccc(Cl)c(Cl)c1. The van der Waals surface area contributed by atoms with Gasteiger partial charge in [0.15, 0.2) is 0 Å². The molecular weight excluding hydrogens is 198 g/mol. The molecule has 0 saturated heterocycles. The zero-order chi connectivity index (χ0) is 9.14. The van der Waals surface area contributed by atoms with E-state index < -0.39 is 6.67 Å². The summed E-state index contributed by atoms with van der Waals surface area (Å²) in [5.74, 6) is 0. The summed E-state index contributed by atoms with van der Waals surface area (Å²) in [6, 6.07) is 4.92. The van der Waals surface area contributed by atoms with Crippen LogP contribution in [0.3, 0.4) is 0 Å². The van der Waals surface area contributed by atoms with Crippen LogP contribution in [0, 0.1) is 0 Å². The maximum absolute atomic E-state index is 12.1. The molecule has 0 N–H and O–H groups in total. The Morgan fingerprint density at radius 2 is 2.00 bits per heavy atom. The van der Waals surface area contributed by atoms with Crippen molar-refractivity contribution in [3.05, 3.63) is 40.4 Å². The van der Waals surface area contributed by atoms with Crippen LogP contribution in [0.1, 0.15) is 5.56 Å². The van der Waals surface area contributed by atoms with Gasteiger partial charge in [-0.15, -0.1) is 0 Å². The van der Waals surface area contributed by atoms with E-state index in [0.717, 1.165) is 0 Å². The van der Waals surface area contributed by atoms with Crippen LogP contribution in [0.25, 0.3) is 5.57 Å². The summed E-state index contributed by atoms with van der Waals surface area (Å²) < 4.78 is 12.1. The molecule has 0 aliphatic rings. The summed E-state index contributed by atoms with van der Waals surface area (Å²) in [5, 5.41) is 0.885. The van der Waals surface area contributed by atoms with Crippen LogP contribution in [0.15, 0.2) is 24.8 Å². The van der Waals surface area contributed by atoms with Crippen molar-refractivity contribution in [3.8, 4) is 0 Å². The highest BCUT2D eigenvalue weighted by atomic mass is 35.5. The van der Waals surface area contributed by atoms with Gasteiger partial charge in [0.05, 0.1) is 10.0 Å². The predicted octanol–water partition coefficient (Wildman–Crippen LogP) is 3.98. The van der Waals surface area contributed by atoms with E-state index >= 15 is 0 Å². The van der Waals surface area contributed by atoms with E-state index in [1.165, 1.54) is 0 Å². The quantitative estimate of drug-likeness (QED) is 0.684. The second kappa shape index (κ2) is 3.92.